The van der Waals surface area contributed by atoms with Gasteiger partial charge in [0.2, 0.25) is 0 Å². The molecule has 1 heterocycles. The maximum Gasteiger partial charge on any atom is 0.340 e. The van der Waals surface area contributed by atoms with Crippen molar-refractivity contribution in [2.24, 2.45) is 0 Å². The zero-order chi connectivity index (χ0) is 17.3. The maximum atomic E-state index is 12.7. The van der Waals surface area contributed by atoms with Gasteiger partial charge in [0.1, 0.15) is 5.58 Å². The van der Waals surface area contributed by atoms with E-state index in [1.165, 1.54) is 0 Å². The predicted molar refractivity (Wildman–Crippen MR) is 96.9 cm³/mol. The van der Waals surface area contributed by atoms with E-state index in [4.69, 9.17) is 4.42 Å². The van der Waals surface area contributed by atoms with Crippen LogP contribution < -0.4 is 5.63 Å². The number of benzene rings is 2. The number of aryl methyl sites for hydroxylation is 1. The van der Waals surface area contributed by atoms with Gasteiger partial charge in [-0.15, -0.1) is 0 Å². The van der Waals surface area contributed by atoms with Crippen LogP contribution in [-0.2, 0) is 22.0 Å². The molecule has 0 saturated heterocycles. The van der Waals surface area contributed by atoms with E-state index < -0.39 is 21.2 Å². The van der Waals surface area contributed by atoms with Crippen LogP contribution in [0, 0.1) is 0 Å². The minimum atomic E-state index is -3.67. The SMILES string of the molecule is CCc1ccc(S(=O)(=O)Cc2cc3ccccc3oc2=O)c(Br)c1. The molecular weight excluding hydrogens is 392 g/mol. The third kappa shape index (κ3) is 3.30. The molecule has 2 aromatic carbocycles. The van der Waals surface area contributed by atoms with E-state index in [0.29, 0.717) is 15.4 Å². The van der Waals surface area contributed by atoms with E-state index in [-0.39, 0.29) is 10.5 Å². The van der Waals surface area contributed by atoms with Crippen molar-refractivity contribution >= 4 is 36.7 Å². The summed E-state index contributed by atoms with van der Waals surface area (Å²) in [4.78, 5) is 12.3. The zero-order valence-electron chi connectivity index (χ0n) is 13.0. The average Bonchev–Trinajstić information content (AvgIpc) is 2.55. The Bertz CT molecular complexity index is 1070. The van der Waals surface area contributed by atoms with Crippen LogP contribution in [-0.4, -0.2) is 8.42 Å². The number of hydrogen-bond acceptors (Lipinski definition) is 4. The van der Waals surface area contributed by atoms with E-state index in [1.807, 2.05) is 6.92 Å². The molecule has 0 aliphatic rings. The molecule has 0 spiro atoms. The molecule has 124 valence electrons. The molecule has 0 saturated carbocycles. The van der Waals surface area contributed by atoms with Crippen LogP contribution in [0.1, 0.15) is 18.1 Å². The summed E-state index contributed by atoms with van der Waals surface area (Å²) in [6, 6.07) is 13.7. The van der Waals surface area contributed by atoms with Crippen molar-refractivity contribution in [1.29, 1.82) is 0 Å². The molecule has 24 heavy (non-hydrogen) atoms. The highest BCUT2D eigenvalue weighted by Gasteiger charge is 2.21. The van der Waals surface area contributed by atoms with Gasteiger partial charge in [0, 0.05) is 9.86 Å². The van der Waals surface area contributed by atoms with Gasteiger partial charge in [-0.05, 0) is 52.2 Å². The van der Waals surface area contributed by atoms with E-state index in [1.54, 1.807) is 48.5 Å². The Morgan fingerprint density at radius 3 is 2.54 bits per heavy atom. The first-order chi connectivity index (χ1) is 11.4. The molecule has 0 atom stereocenters. The summed E-state index contributed by atoms with van der Waals surface area (Å²) in [7, 11) is -3.67. The van der Waals surface area contributed by atoms with Gasteiger partial charge in [-0.3, -0.25) is 0 Å². The first-order valence-corrected chi connectivity index (χ1v) is 9.88. The molecule has 0 amide bonds. The van der Waals surface area contributed by atoms with Crippen molar-refractivity contribution in [1.82, 2.24) is 0 Å². The standard InChI is InChI=1S/C18H15BrO4S/c1-2-12-7-8-17(15(19)9-12)24(21,22)11-14-10-13-5-3-4-6-16(13)23-18(14)20/h3-10H,2,11H2,1H3. The molecular formula is C18H15BrO4S. The van der Waals surface area contributed by atoms with Crippen LogP contribution in [0.2, 0.25) is 0 Å². The van der Waals surface area contributed by atoms with Crippen molar-refractivity contribution < 1.29 is 12.8 Å². The normalized spacial score (nSPS) is 11.8. The highest BCUT2D eigenvalue weighted by Crippen LogP contribution is 2.26. The van der Waals surface area contributed by atoms with Crippen molar-refractivity contribution in [3.8, 4) is 0 Å². The molecule has 4 nitrogen and oxygen atoms in total. The second-order valence-electron chi connectivity index (χ2n) is 5.47. The first kappa shape index (κ1) is 16.9. The van der Waals surface area contributed by atoms with Gasteiger partial charge in [-0.2, -0.15) is 0 Å². The Morgan fingerprint density at radius 1 is 1.08 bits per heavy atom. The Labute approximate surface area is 148 Å². The Kier molecular flexibility index (Phi) is 4.60. The second-order valence-corrected chi connectivity index (χ2v) is 8.29. The van der Waals surface area contributed by atoms with Crippen LogP contribution in [0.5, 0.6) is 0 Å². The van der Waals surface area contributed by atoms with E-state index in [0.717, 1.165) is 12.0 Å². The third-order valence-electron chi connectivity index (χ3n) is 3.80. The maximum absolute atomic E-state index is 12.7. The summed E-state index contributed by atoms with van der Waals surface area (Å²) < 4.78 is 31.1. The fourth-order valence-electron chi connectivity index (χ4n) is 2.50. The summed E-state index contributed by atoms with van der Waals surface area (Å²) in [6.45, 7) is 2.00. The Morgan fingerprint density at radius 2 is 1.83 bits per heavy atom. The highest BCUT2D eigenvalue weighted by molar-refractivity contribution is 9.10. The van der Waals surface area contributed by atoms with Crippen molar-refractivity contribution in [3.05, 3.63) is 74.6 Å². The van der Waals surface area contributed by atoms with E-state index in [9.17, 15) is 13.2 Å². The summed E-state index contributed by atoms with van der Waals surface area (Å²) in [5.41, 5.74) is 0.974. The highest BCUT2D eigenvalue weighted by atomic mass is 79.9. The largest absolute Gasteiger partial charge is 0.423 e. The first-order valence-electron chi connectivity index (χ1n) is 7.43. The van der Waals surface area contributed by atoms with Gasteiger partial charge in [-0.25, -0.2) is 13.2 Å². The van der Waals surface area contributed by atoms with Gasteiger partial charge < -0.3 is 4.42 Å². The lowest BCUT2D eigenvalue weighted by Crippen LogP contribution is -2.14. The summed E-state index contributed by atoms with van der Waals surface area (Å²) in [6.07, 6.45) is 0.813. The summed E-state index contributed by atoms with van der Waals surface area (Å²) in [5, 5.41) is 0.697. The molecule has 0 N–H and O–H groups in total. The molecule has 0 radical (unpaired) electrons. The van der Waals surface area contributed by atoms with Crippen molar-refractivity contribution in [2.45, 2.75) is 24.0 Å². The van der Waals surface area contributed by atoms with Gasteiger partial charge in [-0.1, -0.05) is 31.2 Å². The lowest BCUT2D eigenvalue weighted by molar-refractivity contribution is 0.550. The smallest absolute Gasteiger partial charge is 0.340 e. The molecule has 3 rings (SSSR count). The number of hydrogen-bond donors (Lipinski definition) is 0. The van der Waals surface area contributed by atoms with Crippen LogP contribution in [0.25, 0.3) is 11.0 Å². The topological polar surface area (TPSA) is 64.3 Å². The van der Waals surface area contributed by atoms with E-state index >= 15 is 0 Å². The number of sulfone groups is 1. The molecule has 0 bridgehead atoms. The van der Waals surface area contributed by atoms with Gasteiger partial charge in [0.05, 0.1) is 16.2 Å². The molecule has 3 aromatic rings. The lowest BCUT2D eigenvalue weighted by Gasteiger charge is -2.08. The lowest BCUT2D eigenvalue weighted by atomic mass is 10.2. The molecule has 0 unspecified atom stereocenters. The fraction of sp³-hybridized carbons (Fsp3) is 0.167. The molecule has 1 aromatic heterocycles. The van der Waals surface area contributed by atoms with Crippen molar-refractivity contribution in [3.63, 3.8) is 0 Å². The third-order valence-corrected chi connectivity index (χ3v) is 6.43. The quantitative estimate of drug-likeness (QED) is 0.611. The minimum Gasteiger partial charge on any atom is -0.423 e. The molecule has 0 fully saturated rings. The van der Waals surface area contributed by atoms with E-state index in [2.05, 4.69) is 15.9 Å². The summed E-state index contributed by atoms with van der Waals surface area (Å²) >= 11 is 3.31. The number of rotatable bonds is 4. The Hall–Kier alpha value is -1.92. The van der Waals surface area contributed by atoms with Crippen LogP contribution in [0.4, 0.5) is 0 Å². The average molecular weight is 407 g/mol. The summed E-state index contributed by atoms with van der Waals surface area (Å²) in [5.74, 6) is -0.399. The fourth-order valence-corrected chi connectivity index (χ4v) is 5.07. The van der Waals surface area contributed by atoms with Crippen LogP contribution in [0.15, 0.2) is 67.1 Å². The van der Waals surface area contributed by atoms with Crippen LogP contribution in [0.3, 0.4) is 0 Å². The Balaban J connectivity index is 2.04. The number of para-hydroxylation sites is 1. The predicted octanol–water partition coefficient (Wildman–Crippen LogP) is 4.09. The molecule has 6 heteroatoms. The monoisotopic (exact) mass is 406 g/mol. The second kappa shape index (κ2) is 6.53. The van der Waals surface area contributed by atoms with Gasteiger partial charge in [0.15, 0.2) is 9.84 Å². The number of fused-ring (bicyclic) bond motifs is 1. The van der Waals surface area contributed by atoms with Gasteiger partial charge in [0.25, 0.3) is 0 Å². The minimum absolute atomic E-state index is 0.125. The van der Waals surface area contributed by atoms with Crippen molar-refractivity contribution in [2.75, 3.05) is 0 Å². The van der Waals surface area contributed by atoms with Crippen LogP contribution >= 0.6 is 15.9 Å². The van der Waals surface area contributed by atoms with Gasteiger partial charge >= 0.3 is 5.63 Å². The molecule has 0 aliphatic heterocycles. The molecule has 0 aliphatic carbocycles. The number of halogens is 1. The zero-order valence-corrected chi connectivity index (χ0v) is 15.4.